The lowest BCUT2D eigenvalue weighted by Gasteiger charge is -2.05. The predicted molar refractivity (Wildman–Crippen MR) is 53.3 cm³/mol. The van der Waals surface area contributed by atoms with Gasteiger partial charge in [-0.2, -0.15) is 0 Å². The Morgan fingerprint density at radius 3 is 2.67 bits per heavy atom. The fourth-order valence-corrected chi connectivity index (χ4v) is 1.06. The molecule has 1 amide bonds. The molecule has 0 aliphatic carbocycles. The number of anilines is 1. The van der Waals surface area contributed by atoms with E-state index in [0.29, 0.717) is 0 Å². The van der Waals surface area contributed by atoms with Crippen LogP contribution in [0.4, 0.5) is 10.5 Å². The van der Waals surface area contributed by atoms with Crippen molar-refractivity contribution in [1.82, 2.24) is 9.55 Å². The van der Waals surface area contributed by atoms with Crippen molar-refractivity contribution in [2.45, 2.75) is 0 Å². The second kappa shape index (κ2) is 4.18. The molecule has 0 fully saturated rings. The monoisotopic (exact) mass is 233 g/mol. The molecule has 82 valence electrons. The van der Waals surface area contributed by atoms with Crippen molar-refractivity contribution in [3.8, 4) is 0 Å². The molecule has 8 heteroatoms. The van der Waals surface area contributed by atoms with Crippen LogP contribution in [-0.2, 0) is 11.8 Å². The number of hydrogen-bond acceptors (Lipinski definition) is 4. The summed E-state index contributed by atoms with van der Waals surface area (Å²) in [5, 5.41) is 1.86. The molecule has 15 heavy (non-hydrogen) atoms. The number of nitrogens with one attached hydrogen (secondary N) is 2. The summed E-state index contributed by atoms with van der Waals surface area (Å²) in [7, 11) is 2.39. The zero-order valence-electron chi connectivity index (χ0n) is 7.96. The molecule has 1 heterocycles. The molecule has 0 unspecified atom stereocenters. The van der Waals surface area contributed by atoms with Crippen molar-refractivity contribution >= 4 is 23.4 Å². The van der Waals surface area contributed by atoms with Gasteiger partial charge in [-0.05, 0) is 0 Å². The number of aromatic amines is 1. The van der Waals surface area contributed by atoms with Crippen LogP contribution in [0.15, 0.2) is 9.59 Å². The van der Waals surface area contributed by atoms with Gasteiger partial charge in [-0.3, -0.25) is 19.7 Å². The van der Waals surface area contributed by atoms with Crippen molar-refractivity contribution in [3.05, 3.63) is 26.0 Å². The predicted octanol–water partition coefficient (Wildman–Crippen LogP) is -0.0947. The van der Waals surface area contributed by atoms with Gasteiger partial charge in [0.05, 0.1) is 7.11 Å². The number of carbonyl (C=O) groups excluding carboxylic acids is 1. The normalized spacial score (nSPS) is 9.80. The molecule has 0 aliphatic heterocycles. The number of methoxy groups -OCH3 is 1. The second-order valence-corrected chi connectivity index (χ2v) is 2.98. The van der Waals surface area contributed by atoms with Gasteiger partial charge in [0.1, 0.15) is 10.8 Å². The number of carbonyl (C=O) groups is 1. The molecule has 1 aromatic rings. The van der Waals surface area contributed by atoms with Crippen LogP contribution in [0.1, 0.15) is 0 Å². The Balaban J connectivity index is 3.31. The molecule has 0 saturated carbocycles. The van der Waals surface area contributed by atoms with E-state index in [-0.39, 0.29) is 10.8 Å². The molecule has 2 N–H and O–H groups in total. The second-order valence-electron chi connectivity index (χ2n) is 2.60. The summed E-state index contributed by atoms with van der Waals surface area (Å²) in [4.78, 5) is 35.5. The molecule has 0 radical (unpaired) electrons. The number of halogens is 1. The third kappa shape index (κ3) is 2.18. The van der Waals surface area contributed by atoms with Crippen molar-refractivity contribution < 1.29 is 9.53 Å². The molecule has 7 nitrogen and oxygen atoms in total. The minimum atomic E-state index is -0.846. The molecule has 0 atom stereocenters. The smallest absolute Gasteiger partial charge is 0.411 e. The Morgan fingerprint density at radius 2 is 2.13 bits per heavy atom. The number of nitrogens with zero attached hydrogens (tertiary/aromatic N) is 1. The minimum absolute atomic E-state index is 0.231. The van der Waals surface area contributed by atoms with E-state index in [0.717, 1.165) is 11.7 Å². The highest BCUT2D eigenvalue weighted by Gasteiger charge is 2.13. The van der Waals surface area contributed by atoms with Gasteiger partial charge < -0.3 is 4.74 Å². The lowest BCUT2D eigenvalue weighted by atomic mass is 10.5. The van der Waals surface area contributed by atoms with Gasteiger partial charge in [0.25, 0.3) is 5.56 Å². The molecule has 0 bridgehead atoms. The summed E-state index contributed by atoms with van der Waals surface area (Å²) >= 11 is 5.57. The first-order chi connectivity index (χ1) is 6.97. The summed E-state index contributed by atoms with van der Waals surface area (Å²) in [6.07, 6.45) is -0.846. The van der Waals surface area contributed by atoms with E-state index in [4.69, 9.17) is 11.6 Å². The Hall–Kier alpha value is -1.76. The quantitative estimate of drug-likeness (QED) is 0.663. The average Bonchev–Trinajstić information content (AvgIpc) is 2.21. The van der Waals surface area contributed by atoms with E-state index in [1.165, 1.54) is 7.05 Å². The third-order valence-corrected chi connectivity index (χ3v) is 1.96. The van der Waals surface area contributed by atoms with Gasteiger partial charge in [0, 0.05) is 7.05 Å². The van der Waals surface area contributed by atoms with Crippen LogP contribution < -0.4 is 16.6 Å². The standard InChI is InChI=1S/C7H8ClN3O4/c1-11-5(12)3(9-7(14)15-2)4(8)10-6(11)13/h1-2H3,(H,9,14)(H,10,13). The van der Waals surface area contributed by atoms with Crippen LogP contribution in [0.2, 0.25) is 5.15 Å². The van der Waals surface area contributed by atoms with Gasteiger partial charge >= 0.3 is 11.8 Å². The Morgan fingerprint density at radius 1 is 1.53 bits per heavy atom. The highest BCUT2D eigenvalue weighted by molar-refractivity contribution is 6.32. The van der Waals surface area contributed by atoms with Crippen LogP contribution in [0.25, 0.3) is 0 Å². The average molecular weight is 234 g/mol. The van der Waals surface area contributed by atoms with Crippen LogP contribution in [0.3, 0.4) is 0 Å². The first-order valence-electron chi connectivity index (χ1n) is 3.81. The molecule has 0 spiro atoms. The van der Waals surface area contributed by atoms with Gasteiger partial charge in [0.15, 0.2) is 0 Å². The number of ether oxygens (including phenoxy) is 1. The fraction of sp³-hybridized carbons (Fsp3) is 0.286. The minimum Gasteiger partial charge on any atom is -0.453 e. The van der Waals surface area contributed by atoms with E-state index in [1.54, 1.807) is 0 Å². The van der Waals surface area contributed by atoms with Crippen LogP contribution >= 0.6 is 11.6 Å². The maximum absolute atomic E-state index is 11.5. The fourth-order valence-electron chi connectivity index (χ4n) is 0.855. The molecule has 0 saturated heterocycles. The molecule has 1 aromatic heterocycles. The first-order valence-corrected chi connectivity index (χ1v) is 4.19. The van der Waals surface area contributed by atoms with Gasteiger partial charge in [-0.1, -0.05) is 11.6 Å². The van der Waals surface area contributed by atoms with Crippen LogP contribution in [-0.4, -0.2) is 22.8 Å². The van der Waals surface area contributed by atoms with Crippen molar-refractivity contribution in [3.63, 3.8) is 0 Å². The van der Waals surface area contributed by atoms with Gasteiger partial charge in [0.2, 0.25) is 0 Å². The summed E-state index contributed by atoms with van der Waals surface area (Å²) in [6, 6.07) is 0. The van der Waals surface area contributed by atoms with E-state index in [9.17, 15) is 14.4 Å². The van der Waals surface area contributed by atoms with Crippen molar-refractivity contribution in [1.29, 1.82) is 0 Å². The van der Waals surface area contributed by atoms with E-state index < -0.39 is 17.3 Å². The summed E-state index contributed by atoms with van der Waals surface area (Å²) in [6.45, 7) is 0. The lowest BCUT2D eigenvalue weighted by Crippen LogP contribution is -2.35. The summed E-state index contributed by atoms with van der Waals surface area (Å²) < 4.78 is 5.06. The maximum Gasteiger partial charge on any atom is 0.411 e. The van der Waals surface area contributed by atoms with Crippen molar-refractivity contribution in [2.75, 3.05) is 12.4 Å². The number of amides is 1. The Labute approximate surface area is 88.6 Å². The first kappa shape index (κ1) is 11.3. The highest BCUT2D eigenvalue weighted by Crippen LogP contribution is 2.11. The topological polar surface area (TPSA) is 93.2 Å². The number of hydrogen-bond donors (Lipinski definition) is 2. The summed E-state index contributed by atoms with van der Waals surface area (Å²) in [5.74, 6) is 0. The Bertz CT molecular complexity index is 504. The largest absolute Gasteiger partial charge is 0.453 e. The lowest BCUT2D eigenvalue weighted by molar-refractivity contribution is 0.187. The molecule has 0 aromatic carbocycles. The zero-order chi connectivity index (χ0) is 11.6. The molecule has 1 rings (SSSR count). The van der Waals surface area contributed by atoms with Crippen LogP contribution in [0.5, 0.6) is 0 Å². The Kier molecular flexibility index (Phi) is 3.15. The third-order valence-electron chi connectivity index (χ3n) is 1.67. The highest BCUT2D eigenvalue weighted by atomic mass is 35.5. The SMILES string of the molecule is COC(=O)Nc1c(Cl)[nH]c(=O)n(C)c1=O. The van der Waals surface area contributed by atoms with Gasteiger partial charge in [-0.15, -0.1) is 0 Å². The number of aromatic nitrogens is 2. The summed E-state index contributed by atoms with van der Waals surface area (Å²) in [5.41, 5.74) is -1.61. The molecule has 0 aliphatic rings. The maximum atomic E-state index is 11.5. The van der Waals surface area contributed by atoms with E-state index >= 15 is 0 Å². The molecular weight excluding hydrogens is 226 g/mol. The van der Waals surface area contributed by atoms with Crippen LogP contribution in [0, 0.1) is 0 Å². The number of H-pyrrole nitrogens is 1. The van der Waals surface area contributed by atoms with E-state index in [1.807, 2.05) is 0 Å². The number of rotatable bonds is 1. The van der Waals surface area contributed by atoms with E-state index in [2.05, 4.69) is 15.0 Å². The van der Waals surface area contributed by atoms with Gasteiger partial charge in [-0.25, -0.2) is 9.59 Å². The zero-order valence-corrected chi connectivity index (χ0v) is 8.71. The van der Waals surface area contributed by atoms with Crippen molar-refractivity contribution in [2.24, 2.45) is 7.05 Å². The molecular formula is C7H8ClN3O4.